The van der Waals surface area contributed by atoms with E-state index in [1.165, 1.54) is 4.90 Å². The molecule has 0 atom stereocenters. The van der Waals surface area contributed by atoms with E-state index in [1.807, 2.05) is 49.5 Å². The average Bonchev–Trinajstić information content (AvgIpc) is 3.32. The van der Waals surface area contributed by atoms with E-state index >= 15 is 0 Å². The first-order valence-electron chi connectivity index (χ1n) is 10.2. The zero-order valence-electron chi connectivity index (χ0n) is 17.6. The Morgan fingerprint density at radius 3 is 2.55 bits per heavy atom. The van der Waals surface area contributed by atoms with E-state index in [0.717, 1.165) is 16.8 Å². The maximum Gasteiger partial charge on any atom is 0.261 e. The highest BCUT2D eigenvalue weighted by molar-refractivity contribution is 6.21. The smallest absolute Gasteiger partial charge is 0.261 e. The minimum atomic E-state index is -0.283. The van der Waals surface area contributed by atoms with Crippen molar-refractivity contribution in [3.8, 4) is 5.69 Å². The van der Waals surface area contributed by atoms with Crippen molar-refractivity contribution in [2.24, 2.45) is 0 Å². The summed E-state index contributed by atoms with van der Waals surface area (Å²) in [5.74, 6) is -0.605. The van der Waals surface area contributed by atoms with Gasteiger partial charge in [0.2, 0.25) is 5.91 Å². The van der Waals surface area contributed by atoms with Crippen molar-refractivity contribution in [3.63, 3.8) is 0 Å². The number of carbonyl (C=O) groups is 3. The average molecular weight is 416 g/mol. The zero-order valence-corrected chi connectivity index (χ0v) is 17.6. The first-order chi connectivity index (χ1) is 14.9. The van der Waals surface area contributed by atoms with Crippen LogP contribution >= 0.6 is 0 Å². The first-order valence-corrected chi connectivity index (χ1v) is 10.2. The monoisotopic (exact) mass is 416 g/mol. The highest BCUT2D eigenvalue weighted by Crippen LogP contribution is 2.24. The van der Waals surface area contributed by atoms with Gasteiger partial charge in [0.05, 0.1) is 23.0 Å². The van der Waals surface area contributed by atoms with Crippen molar-refractivity contribution in [2.45, 2.75) is 26.3 Å². The number of hydrogen-bond donors (Lipinski definition) is 0. The molecule has 0 spiro atoms. The SMILES string of the molecule is Cc1ccc2c(c1)C(=O)N(CCCC(=O)N(C)Cc1cnn(-c3ccccc3)c1)C2=O. The van der Waals surface area contributed by atoms with Crippen LogP contribution in [-0.4, -0.2) is 50.9 Å². The molecule has 31 heavy (non-hydrogen) atoms. The Morgan fingerprint density at radius 2 is 1.77 bits per heavy atom. The number of hydrogen-bond acceptors (Lipinski definition) is 4. The van der Waals surface area contributed by atoms with Gasteiger partial charge in [-0.3, -0.25) is 19.3 Å². The Kier molecular flexibility index (Phi) is 5.66. The third-order valence-corrected chi connectivity index (χ3v) is 5.40. The lowest BCUT2D eigenvalue weighted by atomic mass is 10.1. The molecule has 1 aliphatic rings. The minimum absolute atomic E-state index is 0.0417. The van der Waals surface area contributed by atoms with Crippen molar-refractivity contribution < 1.29 is 14.4 Å². The van der Waals surface area contributed by atoms with Crippen LogP contribution in [-0.2, 0) is 11.3 Å². The molecule has 158 valence electrons. The fraction of sp³-hybridized carbons (Fsp3) is 0.250. The van der Waals surface area contributed by atoms with E-state index in [2.05, 4.69) is 5.10 Å². The summed E-state index contributed by atoms with van der Waals surface area (Å²) in [6.45, 7) is 2.56. The molecular formula is C24H24N4O3. The number of fused-ring (bicyclic) bond motifs is 1. The summed E-state index contributed by atoms with van der Waals surface area (Å²) >= 11 is 0. The lowest BCUT2D eigenvalue weighted by Gasteiger charge is -2.18. The number of carbonyl (C=O) groups excluding carboxylic acids is 3. The molecule has 3 amide bonds. The topological polar surface area (TPSA) is 75.5 Å². The van der Waals surface area contributed by atoms with E-state index in [4.69, 9.17) is 0 Å². The highest BCUT2D eigenvalue weighted by atomic mass is 16.2. The molecule has 0 aliphatic carbocycles. The molecule has 0 saturated heterocycles. The fourth-order valence-corrected chi connectivity index (χ4v) is 3.71. The second-order valence-electron chi connectivity index (χ2n) is 7.79. The van der Waals surface area contributed by atoms with Crippen LogP contribution in [0.25, 0.3) is 5.69 Å². The van der Waals surface area contributed by atoms with Gasteiger partial charge >= 0.3 is 0 Å². The fourth-order valence-electron chi connectivity index (χ4n) is 3.71. The summed E-state index contributed by atoms with van der Waals surface area (Å²) in [6, 6.07) is 15.0. The number of para-hydroxylation sites is 1. The van der Waals surface area contributed by atoms with Crippen LogP contribution in [0.15, 0.2) is 60.9 Å². The molecule has 2 aromatic carbocycles. The van der Waals surface area contributed by atoms with Gasteiger partial charge in [-0.1, -0.05) is 29.8 Å². The highest BCUT2D eigenvalue weighted by Gasteiger charge is 2.35. The number of amides is 3. The van der Waals surface area contributed by atoms with E-state index in [0.29, 0.717) is 24.1 Å². The molecule has 0 bridgehead atoms. The van der Waals surface area contributed by atoms with Gasteiger partial charge in [0.15, 0.2) is 0 Å². The van der Waals surface area contributed by atoms with Crippen LogP contribution in [0.2, 0.25) is 0 Å². The van der Waals surface area contributed by atoms with Crippen LogP contribution < -0.4 is 0 Å². The molecule has 0 radical (unpaired) electrons. The largest absolute Gasteiger partial charge is 0.341 e. The van der Waals surface area contributed by atoms with Crippen LogP contribution in [0.4, 0.5) is 0 Å². The Labute approximate surface area is 180 Å². The van der Waals surface area contributed by atoms with Crippen molar-refractivity contribution in [3.05, 3.63) is 83.2 Å². The molecule has 7 heteroatoms. The maximum atomic E-state index is 12.5. The Balaban J connectivity index is 1.29. The number of aromatic nitrogens is 2. The minimum Gasteiger partial charge on any atom is -0.341 e. The summed E-state index contributed by atoms with van der Waals surface area (Å²) in [5.41, 5.74) is 3.71. The van der Waals surface area contributed by atoms with Gasteiger partial charge in [-0.15, -0.1) is 0 Å². The quantitative estimate of drug-likeness (QED) is 0.554. The predicted molar refractivity (Wildman–Crippen MR) is 116 cm³/mol. The molecule has 1 aromatic heterocycles. The van der Waals surface area contributed by atoms with E-state index in [1.54, 1.807) is 35.0 Å². The Morgan fingerprint density at radius 1 is 1.03 bits per heavy atom. The summed E-state index contributed by atoms with van der Waals surface area (Å²) in [7, 11) is 1.74. The van der Waals surface area contributed by atoms with Gasteiger partial charge in [0.25, 0.3) is 11.8 Å². The molecule has 4 rings (SSSR count). The summed E-state index contributed by atoms with van der Waals surface area (Å²) < 4.78 is 1.78. The normalized spacial score (nSPS) is 12.9. The van der Waals surface area contributed by atoms with Crippen LogP contribution in [0.3, 0.4) is 0 Å². The molecule has 1 aliphatic heterocycles. The van der Waals surface area contributed by atoms with Gasteiger partial charge < -0.3 is 4.90 Å². The Hall–Kier alpha value is -3.74. The molecular weight excluding hydrogens is 392 g/mol. The molecule has 2 heterocycles. The lowest BCUT2D eigenvalue weighted by molar-refractivity contribution is -0.130. The van der Waals surface area contributed by atoms with Crippen molar-refractivity contribution in [2.75, 3.05) is 13.6 Å². The maximum absolute atomic E-state index is 12.5. The van der Waals surface area contributed by atoms with E-state index in [-0.39, 0.29) is 30.7 Å². The van der Waals surface area contributed by atoms with Gasteiger partial charge in [0, 0.05) is 38.3 Å². The number of aryl methyl sites for hydroxylation is 1. The van der Waals surface area contributed by atoms with Crippen molar-refractivity contribution in [1.29, 1.82) is 0 Å². The molecule has 0 saturated carbocycles. The van der Waals surface area contributed by atoms with Crippen molar-refractivity contribution in [1.82, 2.24) is 19.6 Å². The molecule has 0 N–H and O–H groups in total. The summed E-state index contributed by atoms with van der Waals surface area (Å²) in [5, 5.41) is 4.35. The Bertz CT molecular complexity index is 1140. The predicted octanol–water partition coefficient (Wildman–Crippen LogP) is 3.22. The van der Waals surface area contributed by atoms with Gasteiger partial charge in [-0.2, -0.15) is 5.10 Å². The third kappa shape index (κ3) is 4.26. The molecule has 3 aromatic rings. The van der Waals surface area contributed by atoms with Crippen molar-refractivity contribution >= 4 is 17.7 Å². The summed E-state index contributed by atoms with van der Waals surface area (Å²) in [6.07, 6.45) is 4.34. The van der Waals surface area contributed by atoms with Crippen LogP contribution in [0, 0.1) is 6.92 Å². The standard InChI is InChI=1S/C24H24N4O3/c1-17-10-11-20-21(13-17)24(31)27(23(20)30)12-6-9-22(29)26(2)15-18-14-25-28(16-18)19-7-4-3-5-8-19/h3-5,7-8,10-11,13-14,16H,6,9,12,15H2,1-2H3. The van der Waals surface area contributed by atoms with Gasteiger partial charge in [-0.25, -0.2) is 4.68 Å². The van der Waals surface area contributed by atoms with E-state index in [9.17, 15) is 14.4 Å². The van der Waals surface area contributed by atoms with Crippen LogP contribution in [0.5, 0.6) is 0 Å². The molecule has 0 unspecified atom stereocenters. The van der Waals surface area contributed by atoms with Crippen LogP contribution in [0.1, 0.15) is 44.7 Å². The number of benzene rings is 2. The molecule has 7 nitrogen and oxygen atoms in total. The number of imide groups is 1. The van der Waals surface area contributed by atoms with Gasteiger partial charge in [-0.05, 0) is 37.6 Å². The zero-order chi connectivity index (χ0) is 22.0. The van der Waals surface area contributed by atoms with Gasteiger partial charge in [0.1, 0.15) is 0 Å². The first kappa shape index (κ1) is 20.5. The number of rotatable bonds is 7. The summed E-state index contributed by atoms with van der Waals surface area (Å²) in [4.78, 5) is 40.4. The third-order valence-electron chi connectivity index (χ3n) is 5.40. The lowest BCUT2D eigenvalue weighted by Crippen LogP contribution is -2.32. The second kappa shape index (κ2) is 8.55. The second-order valence-corrected chi connectivity index (χ2v) is 7.79. The number of nitrogens with zero attached hydrogens (tertiary/aromatic N) is 4. The van der Waals surface area contributed by atoms with E-state index < -0.39 is 0 Å². The molecule has 0 fully saturated rings.